The van der Waals surface area contributed by atoms with Crippen LogP contribution >= 0.6 is 11.3 Å². The highest BCUT2D eigenvalue weighted by Gasteiger charge is 2.13. The Hall–Kier alpha value is -2.71. The van der Waals surface area contributed by atoms with Crippen molar-refractivity contribution in [3.8, 4) is 22.1 Å². The van der Waals surface area contributed by atoms with Crippen LogP contribution in [-0.4, -0.2) is 36.3 Å². The first-order valence-electron chi connectivity index (χ1n) is 7.92. The van der Waals surface area contributed by atoms with Gasteiger partial charge in [0.2, 0.25) is 5.95 Å². The van der Waals surface area contributed by atoms with Crippen LogP contribution in [0.1, 0.15) is 10.7 Å². The van der Waals surface area contributed by atoms with E-state index in [2.05, 4.69) is 20.3 Å². The molecule has 0 fully saturated rings. The van der Waals surface area contributed by atoms with Gasteiger partial charge in [0, 0.05) is 19.4 Å². The Morgan fingerprint density at radius 3 is 2.65 bits per heavy atom. The number of benzene rings is 1. The van der Waals surface area contributed by atoms with E-state index < -0.39 is 0 Å². The van der Waals surface area contributed by atoms with Gasteiger partial charge in [-0.15, -0.1) is 11.3 Å². The van der Waals surface area contributed by atoms with Crippen molar-refractivity contribution >= 4 is 23.0 Å². The molecule has 26 heavy (non-hydrogen) atoms. The molecular weight excluding hydrogens is 352 g/mol. The highest BCUT2D eigenvalue weighted by atomic mass is 32.1. The first-order valence-corrected chi connectivity index (χ1v) is 8.74. The maximum Gasteiger partial charge on any atom is 0.227 e. The van der Waals surface area contributed by atoms with E-state index in [1.54, 1.807) is 38.9 Å². The molecule has 2 aromatic heterocycles. The third-order valence-corrected chi connectivity index (χ3v) is 4.80. The molecule has 0 aliphatic heterocycles. The van der Waals surface area contributed by atoms with Crippen LogP contribution in [0.5, 0.6) is 11.5 Å². The molecule has 1 N–H and O–H groups in total. The van der Waals surface area contributed by atoms with Gasteiger partial charge in [0.05, 0.1) is 42.8 Å². The number of nitrogens with one attached hydrogen (secondary N) is 1. The first kappa shape index (κ1) is 18.1. The topological polar surface area (TPSA) is 78.4 Å². The summed E-state index contributed by atoms with van der Waals surface area (Å²) in [5.74, 6) is 1.86. The lowest BCUT2D eigenvalue weighted by molar-refractivity contribution is 0.184. The van der Waals surface area contributed by atoms with Crippen LogP contribution in [0.25, 0.3) is 10.6 Å². The van der Waals surface area contributed by atoms with Crippen molar-refractivity contribution in [2.45, 2.75) is 13.5 Å². The maximum absolute atomic E-state index is 5.39. The number of methoxy groups -OCH3 is 3. The first-order chi connectivity index (χ1) is 12.6. The quantitative estimate of drug-likeness (QED) is 0.675. The van der Waals surface area contributed by atoms with E-state index in [4.69, 9.17) is 14.2 Å². The van der Waals surface area contributed by atoms with Crippen LogP contribution in [0.3, 0.4) is 0 Å². The molecule has 0 aliphatic rings. The number of hydrogen-bond acceptors (Lipinski definition) is 8. The summed E-state index contributed by atoms with van der Waals surface area (Å²) < 4.78 is 15.8. The Morgan fingerprint density at radius 1 is 1.08 bits per heavy atom. The SMILES string of the molecule is COCc1nc(C)c(-c2ccnc(Nc3cc(OC)ccc3OC)n2)s1. The van der Waals surface area contributed by atoms with E-state index in [9.17, 15) is 0 Å². The summed E-state index contributed by atoms with van der Waals surface area (Å²) in [6.07, 6.45) is 1.71. The minimum atomic E-state index is 0.468. The van der Waals surface area contributed by atoms with Gasteiger partial charge in [0.25, 0.3) is 0 Å². The molecule has 0 bridgehead atoms. The van der Waals surface area contributed by atoms with E-state index in [0.29, 0.717) is 24.1 Å². The second-order valence-electron chi connectivity index (χ2n) is 5.41. The summed E-state index contributed by atoms with van der Waals surface area (Å²) in [4.78, 5) is 14.4. The van der Waals surface area contributed by atoms with Gasteiger partial charge < -0.3 is 19.5 Å². The molecule has 7 nitrogen and oxygen atoms in total. The molecule has 0 radical (unpaired) electrons. The molecule has 3 rings (SSSR count). The van der Waals surface area contributed by atoms with Crippen LogP contribution in [0.4, 0.5) is 11.6 Å². The Bertz CT molecular complexity index is 898. The highest BCUT2D eigenvalue weighted by Crippen LogP contribution is 2.32. The third-order valence-electron chi connectivity index (χ3n) is 3.65. The van der Waals surface area contributed by atoms with Gasteiger partial charge in [-0.05, 0) is 25.1 Å². The number of aromatic nitrogens is 3. The van der Waals surface area contributed by atoms with Crippen molar-refractivity contribution in [1.29, 1.82) is 0 Å². The Morgan fingerprint density at radius 2 is 1.92 bits per heavy atom. The minimum absolute atomic E-state index is 0.468. The zero-order valence-electron chi connectivity index (χ0n) is 15.1. The molecule has 0 saturated heterocycles. The third kappa shape index (κ3) is 3.92. The molecule has 0 unspecified atom stereocenters. The summed E-state index contributed by atoms with van der Waals surface area (Å²) in [5.41, 5.74) is 2.46. The Balaban J connectivity index is 1.91. The van der Waals surface area contributed by atoms with E-state index >= 15 is 0 Å². The van der Waals surface area contributed by atoms with Gasteiger partial charge in [0.15, 0.2) is 0 Å². The lowest BCUT2D eigenvalue weighted by Gasteiger charge is -2.12. The van der Waals surface area contributed by atoms with Gasteiger partial charge in [-0.25, -0.2) is 15.0 Å². The van der Waals surface area contributed by atoms with Crippen LogP contribution in [0.2, 0.25) is 0 Å². The maximum atomic E-state index is 5.39. The second kappa shape index (κ2) is 8.11. The number of thiazole rings is 1. The zero-order valence-corrected chi connectivity index (χ0v) is 15.9. The van der Waals surface area contributed by atoms with Gasteiger partial charge in [-0.2, -0.15) is 0 Å². The molecule has 8 heteroatoms. The molecule has 2 heterocycles. The van der Waals surface area contributed by atoms with Gasteiger partial charge in [-0.3, -0.25) is 0 Å². The lowest BCUT2D eigenvalue weighted by Crippen LogP contribution is -2.00. The Kier molecular flexibility index (Phi) is 5.65. The normalized spacial score (nSPS) is 10.6. The average Bonchev–Trinajstić information content (AvgIpc) is 3.02. The number of anilines is 2. The number of rotatable bonds is 7. The van der Waals surface area contributed by atoms with Crippen LogP contribution in [0, 0.1) is 6.92 Å². The zero-order chi connectivity index (χ0) is 18.5. The average molecular weight is 372 g/mol. The summed E-state index contributed by atoms with van der Waals surface area (Å²) >= 11 is 1.57. The lowest BCUT2D eigenvalue weighted by atomic mass is 10.2. The number of hydrogen-bond donors (Lipinski definition) is 1. The Labute approximate surface area is 156 Å². The van der Waals surface area contributed by atoms with Crippen molar-refractivity contribution in [1.82, 2.24) is 15.0 Å². The number of aryl methyl sites for hydroxylation is 1. The molecule has 1 aromatic carbocycles. The van der Waals surface area contributed by atoms with Crippen molar-refractivity contribution in [2.24, 2.45) is 0 Å². The van der Waals surface area contributed by atoms with Crippen LogP contribution < -0.4 is 14.8 Å². The standard InChI is InChI=1S/C18H20N4O3S/c1-11-17(26-16(20-11)10-23-2)13-7-8-19-18(21-13)22-14-9-12(24-3)5-6-15(14)25-4/h5-9H,10H2,1-4H3,(H,19,21,22). The predicted molar refractivity (Wildman–Crippen MR) is 101 cm³/mol. The van der Waals surface area contributed by atoms with E-state index in [-0.39, 0.29) is 0 Å². The van der Waals surface area contributed by atoms with E-state index in [1.165, 1.54) is 0 Å². The minimum Gasteiger partial charge on any atom is -0.497 e. The van der Waals surface area contributed by atoms with Crippen molar-refractivity contribution in [3.63, 3.8) is 0 Å². The second-order valence-corrected chi connectivity index (χ2v) is 6.50. The molecule has 0 amide bonds. The van der Waals surface area contributed by atoms with Gasteiger partial charge >= 0.3 is 0 Å². The predicted octanol–water partition coefficient (Wildman–Crippen LogP) is 3.82. The van der Waals surface area contributed by atoms with Crippen LogP contribution in [0.15, 0.2) is 30.5 Å². The van der Waals surface area contributed by atoms with Crippen LogP contribution in [-0.2, 0) is 11.3 Å². The summed E-state index contributed by atoms with van der Waals surface area (Å²) in [7, 11) is 4.89. The number of ether oxygens (including phenoxy) is 3. The fourth-order valence-electron chi connectivity index (χ4n) is 2.45. The monoisotopic (exact) mass is 372 g/mol. The fraction of sp³-hybridized carbons (Fsp3) is 0.278. The van der Waals surface area contributed by atoms with Crippen molar-refractivity contribution < 1.29 is 14.2 Å². The van der Waals surface area contributed by atoms with Gasteiger partial charge in [0.1, 0.15) is 16.5 Å². The summed E-state index contributed by atoms with van der Waals surface area (Å²) in [6, 6.07) is 7.36. The largest absolute Gasteiger partial charge is 0.497 e. The number of nitrogens with zero attached hydrogens (tertiary/aromatic N) is 3. The van der Waals surface area contributed by atoms with Crippen molar-refractivity contribution in [2.75, 3.05) is 26.6 Å². The molecule has 136 valence electrons. The highest BCUT2D eigenvalue weighted by molar-refractivity contribution is 7.15. The molecule has 0 aliphatic carbocycles. The molecule has 0 spiro atoms. The van der Waals surface area contributed by atoms with Crippen molar-refractivity contribution in [3.05, 3.63) is 41.2 Å². The van der Waals surface area contributed by atoms with Gasteiger partial charge in [-0.1, -0.05) is 0 Å². The molecule has 3 aromatic rings. The van der Waals surface area contributed by atoms with E-state index in [1.807, 2.05) is 31.2 Å². The smallest absolute Gasteiger partial charge is 0.227 e. The summed E-state index contributed by atoms with van der Waals surface area (Å²) in [6.45, 7) is 2.45. The molecular formula is C18H20N4O3S. The summed E-state index contributed by atoms with van der Waals surface area (Å²) in [5, 5.41) is 4.11. The van der Waals surface area contributed by atoms with E-state index in [0.717, 1.165) is 27.0 Å². The molecule has 0 atom stereocenters. The molecule has 0 saturated carbocycles. The fourth-order valence-corrected chi connectivity index (χ4v) is 3.46.